The number of ether oxygens (including phenoxy) is 1. The molecule has 1 N–H and O–H groups in total. The van der Waals surface area contributed by atoms with E-state index < -0.39 is 0 Å². The van der Waals surface area contributed by atoms with Crippen LogP contribution in [0.5, 0.6) is 5.75 Å². The molecule has 1 heterocycles. The lowest BCUT2D eigenvalue weighted by molar-refractivity contribution is -0.116. The number of benzene rings is 2. The van der Waals surface area contributed by atoms with Gasteiger partial charge >= 0.3 is 0 Å². The molecular formula is C20H20N4O2S. The molecule has 0 aliphatic carbocycles. The van der Waals surface area contributed by atoms with Gasteiger partial charge in [-0.3, -0.25) is 4.79 Å². The highest BCUT2D eigenvalue weighted by atomic mass is 32.2. The number of anilines is 1. The summed E-state index contributed by atoms with van der Waals surface area (Å²) in [5, 5.41) is 9.56. The summed E-state index contributed by atoms with van der Waals surface area (Å²) < 4.78 is 5.50. The number of rotatable bonds is 8. The van der Waals surface area contributed by atoms with Crippen LogP contribution in [0.3, 0.4) is 0 Å². The van der Waals surface area contributed by atoms with Gasteiger partial charge in [0.1, 0.15) is 5.75 Å². The van der Waals surface area contributed by atoms with Crippen LogP contribution in [-0.2, 0) is 4.79 Å². The van der Waals surface area contributed by atoms with Crippen LogP contribution in [0.15, 0.2) is 53.7 Å². The van der Waals surface area contributed by atoms with Crippen molar-refractivity contribution in [2.45, 2.75) is 18.5 Å². The van der Waals surface area contributed by atoms with Gasteiger partial charge in [0.05, 0.1) is 35.9 Å². The van der Waals surface area contributed by atoms with Crippen molar-refractivity contribution in [2.24, 2.45) is 0 Å². The van der Waals surface area contributed by atoms with Crippen LogP contribution in [0.25, 0.3) is 11.0 Å². The van der Waals surface area contributed by atoms with Crippen LogP contribution < -0.4 is 9.64 Å². The maximum absolute atomic E-state index is 12.7. The van der Waals surface area contributed by atoms with E-state index in [1.165, 1.54) is 11.8 Å². The van der Waals surface area contributed by atoms with Gasteiger partial charge in [-0.15, -0.1) is 0 Å². The van der Waals surface area contributed by atoms with Gasteiger partial charge in [-0.2, -0.15) is 5.26 Å². The number of aromatic amines is 1. The van der Waals surface area contributed by atoms with Crippen molar-refractivity contribution in [1.82, 2.24) is 9.97 Å². The fourth-order valence-electron chi connectivity index (χ4n) is 2.67. The number of fused-ring (bicyclic) bond motifs is 1. The van der Waals surface area contributed by atoms with Crippen LogP contribution in [-0.4, -0.2) is 34.8 Å². The molecule has 0 fully saturated rings. The Morgan fingerprint density at radius 2 is 2.11 bits per heavy atom. The van der Waals surface area contributed by atoms with Gasteiger partial charge in [-0.05, 0) is 31.2 Å². The topological polar surface area (TPSA) is 82.0 Å². The first-order valence-electron chi connectivity index (χ1n) is 8.69. The molecular weight excluding hydrogens is 360 g/mol. The Bertz CT molecular complexity index is 950. The monoisotopic (exact) mass is 380 g/mol. The molecule has 0 aliphatic rings. The van der Waals surface area contributed by atoms with E-state index in [4.69, 9.17) is 10.00 Å². The second-order valence-corrected chi connectivity index (χ2v) is 6.70. The molecule has 0 aliphatic heterocycles. The Kier molecular flexibility index (Phi) is 6.34. The predicted molar refractivity (Wildman–Crippen MR) is 107 cm³/mol. The first-order valence-corrected chi connectivity index (χ1v) is 9.67. The van der Waals surface area contributed by atoms with E-state index in [1.54, 1.807) is 4.90 Å². The zero-order valence-electron chi connectivity index (χ0n) is 15.0. The summed E-state index contributed by atoms with van der Waals surface area (Å²) in [4.78, 5) is 22.1. The average molecular weight is 380 g/mol. The molecule has 0 saturated carbocycles. The molecule has 3 aromatic rings. The van der Waals surface area contributed by atoms with Crippen molar-refractivity contribution in [2.75, 3.05) is 23.8 Å². The highest BCUT2D eigenvalue weighted by molar-refractivity contribution is 7.99. The second kappa shape index (κ2) is 9.10. The van der Waals surface area contributed by atoms with Gasteiger partial charge < -0.3 is 14.6 Å². The van der Waals surface area contributed by atoms with Crippen LogP contribution in [0.4, 0.5) is 5.69 Å². The normalized spacial score (nSPS) is 10.5. The average Bonchev–Trinajstić information content (AvgIpc) is 3.10. The molecule has 0 bridgehead atoms. The minimum atomic E-state index is -0.0584. The number of hydrogen-bond acceptors (Lipinski definition) is 5. The lowest BCUT2D eigenvalue weighted by Crippen LogP contribution is -2.33. The molecule has 0 radical (unpaired) electrons. The Labute approximate surface area is 162 Å². The van der Waals surface area contributed by atoms with E-state index in [0.29, 0.717) is 18.3 Å². The van der Waals surface area contributed by atoms with Gasteiger partial charge in [0.25, 0.3) is 0 Å². The van der Waals surface area contributed by atoms with E-state index in [1.807, 2.05) is 55.5 Å². The van der Waals surface area contributed by atoms with Crippen LogP contribution in [0.1, 0.15) is 13.3 Å². The first kappa shape index (κ1) is 18.8. The summed E-state index contributed by atoms with van der Waals surface area (Å²) in [5.41, 5.74) is 2.50. The fourth-order valence-corrected chi connectivity index (χ4v) is 3.43. The Balaban J connectivity index is 1.69. The summed E-state index contributed by atoms with van der Waals surface area (Å²) in [7, 11) is 0. The molecule has 138 valence electrons. The third-order valence-electron chi connectivity index (χ3n) is 3.89. The van der Waals surface area contributed by atoms with Crippen molar-refractivity contribution < 1.29 is 9.53 Å². The number of aromatic nitrogens is 2. The standard InChI is InChI=1S/C20H20N4O2S/c1-2-26-16-9-10-17-18(13-16)23-20(22-17)27-14-19(25)24(12-6-11-21)15-7-4-3-5-8-15/h3-5,7-10,13H,2,6,12,14H2,1H3,(H,22,23). The number of carbonyl (C=O) groups excluding carboxylic acids is 1. The number of nitrogens with one attached hydrogen (secondary N) is 1. The quantitative estimate of drug-likeness (QED) is 0.597. The number of carbonyl (C=O) groups is 1. The number of para-hydroxylation sites is 1. The number of amides is 1. The zero-order valence-corrected chi connectivity index (χ0v) is 15.8. The maximum atomic E-state index is 12.7. The molecule has 3 rings (SSSR count). The molecule has 7 heteroatoms. The summed E-state index contributed by atoms with van der Waals surface area (Å²) in [6, 6.07) is 17.2. The summed E-state index contributed by atoms with van der Waals surface area (Å²) in [5.74, 6) is 0.961. The summed E-state index contributed by atoms with van der Waals surface area (Å²) in [6.07, 6.45) is 0.288. The number of thioether (sulfide) groups is 1. The number of imidazole rings is 1. The van der Waals surface area contributed by atoms with Crippen LogP contribution in [0, 0.1) is 11.3 Å². The van der Waals surface area contributed by atoms with Gasteiger partial charge in [0, 0.05) is 18.3 Å². The zero-order chi connectivity index (χ0) is 19.1. The lowest BCUT2D eigenvalue weighted by Gasteiger charge is -2.21. The summed E-state index contributed by atoms with van der Waals surface area (Å²) >= 11 is 1.35. The molecule has 2 aromatic carbocycles. The number of hydrogen-bond donors (Lipinski definition) is 1. The minimum Gasteiger partial charge on any atom is -0.494 e. The van der Waals surface area contributed by atoms with Gasteiger partial charge in [0.15, 0.2) is 5.16 Å². The van der Waals surface area contributed by atoms with Crippen molar-refractivity contribution >= 4 is 34.4 Å². The van der Waals surface area contributed by atoms with E-state index in [9.17, 15) is 4.79 Å². The van der Waals surface area contributed by atoms with E-state index in [-0.39, 0.29) is 18.1 Å². The van der Waals surface area contributed by atoms with Gasteiger partial charge in [0.2, 0.25) is 5.91 Å². The van der Waals surface area contributed by atoms with Crippen molar-refractivity contribution in [1.29, 1.82) is 5.26 Å². The van der Waals surface area contributed by atoms with Crippen molar-refractivity contribution in [3.63, 3.8) is 0 Å². The fraction of sp³-hybridized carbons (Fsp3) is 0.250. The van der Waals surface area contributed by atoms with Crippen molar-refractivity contribution in [3.05, 3.63) is 48.5 Å². The largest absolute Gasteiger partial charge is 0.494 e. The molecule has 0 saturated heterocycles. The molecule has 0 spiro atoms. The van der Waals surface area contributed by atoms with Gasteiger partial charge in [-0.1, -0.05) is 30.0 Å². The third kappa shape index (κ3) is 4.80. The molecule has 0 unspecified atom stereocenters. The Morgan fingerprint density at radius 3 is 2.85 bits per heavy atom. The Hall–Kier alpha value is -2.98. The van der Waals surface area contributed by atoms with Crippen LogP contribution >= 0.6 is 11.8 Å². The second-order valence-electron chi connectivity index (χ2n) is 5.73. The van der Waals surface area contributed by atoms with E-state index in [0.717, 1.165) is 22.5 Å². The molecule has 0 atom stereocenters. The maximum Gasteiger partial charge on any atom is 0.237 e. The lowest BCUT2D eigenvalue weighted by atomic mass is 10.2. The van der Waals surface area contributed by atoms with E-state index >= 15 is 0 Å². The molecule has 27 heavy (non-hydrogen) atoms. The third-order valence-corrected chi connectivity index (χ3v) is 4.75. The number of nitriles is 1. The highest BCUT2D eigenvalue weighted by Crippen LogP contribution is 2.24. The smallest absolute Gasteiger partial charge is 0.237 e. The van der Waals surface area contributed by atoms with Gasteiger partial charge in [-0.25, -0.2) is 4.98 Å². The predicted octanol–water partition coefficient (Wildman–Crippen LogP) is 4.00. The van der Waals surface area contributed by atoms with Crippen molar-refractivity contribution in [3.8, 4) is 11.8 Å². The number of H-pyrrole nitrogens is 1. The molecule has 1 amide bonds. The SMILES string of the molecule is CCOc1ccc2nc(SCC(=O)N(CCC#N)c3ccccc3)[nH]c2c1. The Morgan fingerprint density at radius 1 is 1.30 bits per heavy atom. The molecule has 1 aromatic heterocycles. The van der Waals surface area contributed by atoms with Crippen LogP contribution in [0.2, 0.25) is 0 Å². The summed E-state index contributed by atoms with van der Waals surface area (Å²) in [6.45, 7) is 2.92. The van der Waals surface area contributed by atoms with E-state index in [2.05, 4.69) is 16.0 Å². The number of nitrogens with zero attached hydrogens (tertiary/aromatic N) is 3. The minimum absolute atomic E-state index is 0.0584. The molecule has 6 nitrogen and oxygen atoms in total. The highest BCUT2D eigenvalue weighted by Gasteiger charge is 2.16. The first-order chi connectivity index (χ1) is 13.2.